The number of aromatic nitrogens is 11. The van der Waals surface area contributed by atoms with E-state index in [1.165, 1.54) is 121 Å². The molecule has 0 fully saturated rings. The molecule has 0 aliphatic carbocycles. The minimum atomic E-state index is -1.40. The fourth-order valence-electron chi connectivity index (χ4n) is 13.1. The van der Waals surface area contributed by atoms with Crippen molar-refractivity contribution in [1.29, 1.82) is 0 Å². The van der Waals surface area contributed by atoms with Gasteiger partial charge in [0, 0.05) is 185 Å². The molecule has 2 atom stereocenters. The van der Waals surface area contributed by atoms with Gasteiger partial charge < -0.3 is 111 Å². The third-order valence-corrected chi connectivity index (χ3v) is 18.8. The Hall–Kier alpha value is -14.6. The van der Waals surface area contributed by atoms with Gasteiger partial charge in [0.05, 0.1) is 28.4 Å². The zero-order valence-electron chi connectivity index (χ0n) is 62.9. The quantitative estimate of drug-likeness (QED) is 0.0276. The molecule has 0 saturated heterocycles. The fourth-order valence-corrected chi connectivity index (χ4v) is 13.4. The molecule has 0 bridgehead atoms. The molecule has 590 valence electrons. The summed E-state index contributed by atoms with van der Waals surface area (Å²) in [4.78, 5) is 190. The molecule has 3 aromatic carbocycles. The lowest BCUT2D eigenvalue weighted by Crippen LogP contribution is -2.46. The van der Waals surface area contributed by atoms with Crippen LogP contribution in [-0.2, 0) is 73.3 Å². The number of rotatable bonds is 28. The van der Waals surface area contributed by atoms with Crippen LogP contribution < -0.4 is 68.7 Å². The summed E-state index contributed by atoms with van der Waals surface area (Å²) in [6.45, 7) is 2.38. The molecular formula is C75H79ClN24O14. The number of aromatic amines is 1. The zero-order valence-corrected chi connectivity index (χ0v) is 63.7. The number of nitrogens with one attached hydrogen (secondary N) is 13. The summed E-state index contributed by atoms with van der Waals surface area (Å²) in [7, 11) is 10.9. The number of aromatic hydroxyl groups is 1. The number of hydrogen-bond acceptors (Lipinski definition) is 17. The number of benzene rings is 3. The molecule has 0 saturated carbocycles. The van der Waals surface area contributed by atoms with Gasteiger partial charge in [-0.15, -0.1) is 11.6 Å². The number of hydrogen-bond donors (Lipinski definition) is 14. The van der Waals surface area contributed by atoms with Gasteiger partial charge >= 0.3 is 0 Å². The Morgan fingerprint density at radius 3 is 1.46 bits per heavy atom. The van der Waals surface area contributed by atoms with Crippen LogP contribution in [-0.4, -0.2) is 172 Å². The Morgan fingerprint density at radius 1 is 0.474 bits per heavy atom. The van der Waals surface area contributed by atoms with Crippen molar-refractivity contribution in [1.82, 2.24) is 73.2 Å². The molecule has 38 nitrogen and oxygen atoms in total. The van der Waals surface area contributed by atoms with Crippen LogP contribution >= 0.6 is 11.6 Å². The third kappa shape index (κ3) is 17.8. The molecule has 39 heteroatoms. The van der Waals surface area contributed by atoms with Gasteiger partial charge in [-0.2, -0.15) is 0 Å². The van der Waals surface area contributed by atoms with E-state index in [4.69, 9.17) is 11.6 Å². The molecule has 1 aliphatic rings. The first-order chi connectivity index (χ1) is 54.3. The fraction of sp³-hybridized carbons (Fsp3) is 0.253. The van der Waals surface area contributed by atoms with Crippen molar-refractivity contribution in [2.45, 2.75) is 45.1 Å². The molecule has 8 aromatic heterocycles. The van der Waals surface area contributed by atoms with Crippen LogP contribution in [0.25, 0.3) is 21.7 Å². The Balaban J connectivity index is 0.665. The number of phenolic OH excluding ortho intramolecular Hbond substituents is 1. The van der Waals surface area contributed by atoms with Crippen LogP contribution in [0.15, 0.2) is 122 Å². The third-order valence-electron chi connectivity index (χ3n) is 18.4. The second-order valence-corrected chi connectivity index (χ2v) is 27.4. The molecular weight excluding hydrogens is 1500 g/mol. The molecule has 1 aliphatic heterocycles. The minimum Gasteiger partial charge on any atom is -0.507 e. The van der Waals surface area contributed by atoms with E-state index in [-0.39, 0.29) is 155 Å². The molecule has 0 spiro atoms. The van der Waals surface area contributed by atoms with Gasteiger partial charge in [0.1, 0.15) is 40.3 Å². The van der Waals surface area contributed by atoms with Crippen molar-refractivity contribution >= 4 is 162 Å². The number of H-pyrrole nitrogens is 1. The number of carbonyl (C=O) groups excluding carboxylic acids is 13. The highest BCUT2D eigenvalue weighted by Crippen LogP contribution is 2.46. The molecule has 0 radical (unpaired) electrons. The van der Waals surface area contributed by atoms with Crippen molar-refractivity contribution < 1.29 is 67.4 Å². The number of imidazole rings is 3. The highest BCUT2D eigenvalue weighted by Gasteiger charge is 2.36. The van der Waals surface area contributed by atoms with Crippen LogP contribution in [0.5, 0.6) is 5.75 Å². The average molecular weight is 1580 g/mol. The van der Waals surface area contributed by atoms with Crippen LogP contribution in [0.2, 0.25) is 0 Å². The van der Waals surface area contributed by atoms with Gasteiger partial charge in [-0.05, 0) is 65.9 Å². The summed E-state index contributed by atoms with van der Waals surface area (Å²) >= 11 is 6.45. The van der Waals surface area contributed by atoms with Crippen molar-refractivity contribution in [3.63, 3.8) is 0 Å². The van der Waals surface area contributed by atoms with E-state index in [2.05, 4.69) is 83.7 Å². The molecule has 1 unspecified atom stereocenters. The van der Waals surface area contributed by atoms with Crippen LogP contribution in [0, 0.1) is 0 Å². The summed E-state index contributed by atoms with van der Waals surface area (Å²) in [6.07, 6.45) is 9.47. The van der Waals surface area contributed by atoms with E-state index in [1.807, 2.05) is 24.3 Å². The standard InChI is InChI=1S/C75H79ClN24O14/c1-38(101)80-43-24-55(95(5)31-43)71(110)83-44-25-53(93(3)32-44)69(108)78-20-17-61(104)87-50(16-19-77-68(107)54-26-45(33-94(54)4)84-73(112)65-90-59(36-98(65)8)88-62(105)18-21-79-72(111)64-89-58(35-97(64)7)81-39(2)102)67(106)92-60-37-99(9)66(91-60)74(113)85-46-27-56(96(6)34-46)70(109)82-42-14-15-49-40(22-42)23-51(86-49)75(114)100-30-41(29-76)63-48-13-11-10-12-47(48)57(103)28-52(63)100/h10-15,22-28,31-37,41,50,86,103H,16-21,29-30H2,1-9H3,(H,77,107)(H,78,108)(H,79,111)(H,80,101)(H,81,102)(H,82,109)(H,83,110)(H,84,112)(H,85,113)(H,87,104)(H,88,105)(H,92,106)/t41?,50-/m0/s1. The number of fused-ring (bicyclic) bond motifs is 4. The second kappa shape index (κ2) is 33.3. The number of aryl methyl sites for hydroxylation is 7. The van der Waals surface area contributed by atoms with Crippen molar-refractivity contribution in [3.8, 4) is 5.75 Å². The van der Waals surface area contributed by atoms with Gasteiger partial charge in [-0.3, -0.25) is 62.3 Å². The maximum absolute atomic E-state index is 14.3. The first-order valence-corrected chi connectivity index (χ1v) is 35.9. The first kappa shape index (κ1) is 79.0. The maximum atomic E-state index is 14.3. The molecule has 12 rings (SSSR count). The summed E-state index contributed by atoms with van der Waals surface area (Å²) in [5.41, 5.74) is 4.34. The van der Waals surface area contributed by atoms with E-state index >= 15 is 0 Å². The largest absolute Gasteiger partial charge is 0.507 e. The Labute approximate surface area is 652 Å². The molecule has 14 N–H and O–H groups in total. The van der Waals surface area contributed by atoms with Crippen LogP contribution in [0.3, 0.4) is 0 Å². The minimum absolute atomic E-state index is 0.00123. The topological polar surface area (TPSA) is 479 Å². The van der Waals surface area contributed by atoms with Gasteiger partial charge in [0.15, 0.2) is 17.5 Å². The zero-order chi connectivity index (χ0) is 81.7. The molecule has 11 aromatic rings. The Morgan fingerprint density at radius 2 is 0.930 bits per heavy atom. The first-order valence-electron chi connectivity index (χ1n) is 35.4. The van der Waals surface area contributed by atoms with Gasteiger partial charge in [0.2, 0.25) is 47.0 Å². The Kier molecular flexibility index (Phi) is 23.1. The van der Waals surface area contributed by atoms with E-state index in [1.54, 1.807) is 76.7 Å². The Bertz CT molecular complexity index is 5740. The lowest BCUT2D eigenvalue weighted by atomic mass is 9.95. The summed E-state index contributed by atoms with van der Waals surface area (Å²) in [5.74, 6) is -7.58. The van der Waals surface area contributed by atoms with Crippen molar-refractivity contribution in [2.75, 3.05) is 79.5 Å². The number of halogens is 1. The maximum Gasteiger partial charge on any atom is 0.291 e. The van der Waals surface area contributed by atoms with Gasteiger partial charge in [-0.1, -0.05) is 24.3 Å². The van der Waals surface area contributed by atoms with Crippen LogP contribution in [0.1, 0.15) is 129 Å². The van der Waals surface area contributed by atoms with E-state index in [9.17, 15) is 67.4 Å². The monoisotopic (exact) mass is 1570 g/mol. The van der Waals surface area contributed by atoms with E-state index in [0.29, 0.717) is 39.9 Å². The number of alkyl halides is 1. The van der Waals surface area contributed by atoms with E-state index in [0.717, 1.165) is 10.9 Å². The summed E-state index contributed by atoms with van der Waals surface area (Å²) in [6, 6.07) is 20.1. The van der Waals surface area contributed by atoms with Crippen molar-refractivity contribution in [3.05, 3.63) is 174 Å². The van der Waals surface area contributed by atoms with Gasteiger partial charge in [-0.25, -0.2) is 15.0 Å². The molecule has 114 heavy (non-hydrogen) atoms. The SMILES string of the molecule is CC(=O)Nc1cc(C(=O)Nc2cc(C(=O)NCCC(=O)N[C@@H](CCNC(=O)c3cc(NC(=O)c4nc(NC(=O)CCNC(=O)c5nc(NC(C)=O)cn5C)cn4C)cn3C)C(=O)Nc3cn(C)c(C(=O)Nc4cc(C(=O)Nc5ccc6[nH]c(C(=O)N7CC(CCl)c8c7cc(O)c7ccccc87)cc6c5)n(C)c4)n3)n(C)c2)n(C)c1. The number of anilines is 9. The second-order valence-electron chi connectivity index (χ2n) is 27.1. The number of nitrogens with zero attached hydrogens (tertiary/aromatic N) is 11. The average Bonchev–Trinajstić information content (AvgIpc) is 1.59. The van der Waals surface area contributed by atoms with Crippen LogP contribution in [0.4, 0.5) is 51.6 Å². The predicted molar refractivity (Wildman–Crippen MR) is 421 cm³/mol. The highest BCUT2D eigenvalue weighted by molar-refractivity contribution is 6.20. The number of amides is 13. The van der Waals surface area contributed by atoms with Gasteiger partial charge in [0.25, 0.3) is 47.3 Å². The summed E-state index contributed by atoms with van der Waals surface area (Å²) in [5, 5.41) is 45.0. The normalized spacial score (nSPS) is 12.5. The number of phenols is 1. The predicted octanol–water partition coefficient (Wildman–Crippen LogP) is 5.31. The van der Waals surface area contributed by atoms with E-state index < -0.39 is 65.1 Å². The molecule has 13 amide bonds. The van der Waals surface area contributed by atoms with Crippen molar-refractivity contribution in [2.24, 2.45) is 49.3 Å². The number of carbonyl (C=O) groups is 13. The highest BCUT2D eigenvalue weighted by atomic mass is 35.5. The lowest BCUT2D eigenvalue weighted by molar-refractivity contribution is -0.126. The lowest BCUT2D eigenvalue weighted by Gasteiger charge is -2.18. The smallest absolute Gasteiger partial charge is 0.291 e. The molecule has 9 heterocycles. The summed E-state index contributed by atoms with van der Waals surface area (Å²) < 4.78 is 10.0.